The summed E-state index contributed by atoms with van der Waals surface area (Å²) in [6.07, 6.45) is 1.02. The molecule has 2 fully saturated rings. The summed E-state index contributed by atoms with van der Waals surface area (Å²) < 4.78 is 5.17. The number of ketones is 1. The number of hydrogen-bond donors (Lipinski definition) is 0. The van der Waals surface area contributed by atoms with E-state index in [4.69, 9.17) is 4.74 Å². The third-order valence-corrected chi connectivity index (χ3v) is 6.31. The summed E-state index contributed by atoms with van der Waals surface area (Å²) in [5, 5.41) is 9.62. The Bertz CT molecular complexity index is 737. The van der Waals surface area contributed by atoms with Crippen LogP contribution in [0, 0.1) is 28.6 Å². The summed E-state index contributed by atoms with van der Waals surface area (Å²) in [5.41, 5.74) is -0.624. The minimum Gasteiger partial charge on any atom is -0.383 e. The molecule has 0 spiro atoms. The number of methoxy groups -OCH3 is 1. The molecular formula is C21H26N2O3. The van der Waals surface area contributed by atoms with Gasteiger partial charge in [-0.25, -0.2) is 0 Å². The predicted molar refractivity (Wildman–Crippen MR) is 97.2 cm³/mol. The van der Waals surface area contributed by atoms with Crippen LogP contribution in [0.4, 0.5) is 0 Å². The number of nitrogens with zero attached hydrogens (tertiary/aromatic N) is 2. The number of rotatable bonds is 4. The Morgan fingerprint density at radius 1 is 1.27 bits per heavy atom. The van der Waals surface area contributed by atoms with Crippen LogP contribution >= 0.6 is 0 Å². The van der Waals surface area contributed by atoms with E-state index in [1.54, 1.807) is 7.11 Å². The number of carbonyl (C=O) groups excluding carboxylic acids is 2. The van der Waals surface area contributed by atoms with Gasteiger partial charge in [0, 0.05) is 25.6 Å². The monoisotopic (exact) mass is 354 g/mol. The fourth-order valence-electron chi connectivity index (χ4n) is 5.00. The number of ether oxygens (including phenoxy) is 1. The van der Waals surface area contributed by atoms with E-state index in [2.05, 4.69) is 6.07 Å². The SMILES string of the molecule is COCCN1CC[C@H]2C(C)(C)C(=O)C(C#N)C[C@]2(c2ccccc2)C1=O. The van der Waals surface area contributed by atoms with Crippen LogP contribution in [-0.2, 0) is 19.7 Å². The van der Waals surface area contributed by atoms with Crippen molar-refractivity contribution >= 4 is 11.7 Å². The predicted octanol–water partition coefficient (Wildman–Crippen LogP) is 2.56. The van der Waals surface area contributed by atoms with Gasteiger partial charge in [0.2, 0.25) is 5.91 Å². The number of hydrogen-bond acceptors (Lipinski definition) is 4. The summed E-state index contributed by atoms with van der Waals surface area (Å²) in [6.45, 7) is 5.43. The van der Waals surface area contributed by atoms with Gasteiger partial charge >= 0.3 is 0 Å². The lowest BCUT2D eigenvalue weighted by Crippen LogP contribution is -2.65. The smallest absolute Gasteiger partial charge is 0.233 e. The number of nitriles is 1. The van der Waals surface area contributed by atoms with Crippen molar-refractivity contribution in [2.24, 2.45) is 17.3 Å². The maximum atomic E-state index is 13.7. The summed E-state index contributed by atoms with van der Waals surface area (Å²) in [4.78, 5) is 28.4. The number of amides is 1. The number of likely N-dealkylation sites (tertiary alicyclic amines) is 1. The molecule has 1 heterocycles. The summed E-state index contributed by atoms with van der Waals surface area (Å²) in [7, 11) is 1.62. The molecule has 2 aliphatic rings. The van der Waals surface area contributed by atoms with Crippen molar-refractivity contribution in [3.05, 3.63) is 35.9 Å². The second kappa shape index (κ2) is 6.85. The zero-order chi connectivity index (χ0) is 18.9. The Kier molecular flexibility index (Phi) is 4.90. The minimum absolute atomic E-state index is 0.0258. The molecule has 0 aromatic heterocycles. The average molecular weight is 354 g/mol. The van der Waals surface area contributed by atoms with Crippen molar-refractivity contribution in [1.82, 2.24) is 4.90 Å². The topological polar surface area (TPSA) is 70.4 Å². The van der Waals surface area contributed by atoms with Crippen LogP contribution in [-0.4, -0.2) is 43.4 Å². The van der Waals surface area contributed by atoms with Gasteiger partial charge in [-0.15, -0.1) is 0 Å². The molecule has 0 N–H and O–H groups in total. The van der Waals surface area contributed by atoms with E-state index in [1.165, 1.54) is 0 Å². The molecule has 1 aliphatic heterocycles. The molecule has 3 rings (SSSR count). The van der Waals surface area contributed by atoms with Crippen molar-refractivity contribution in [1.29, 1.82) is 5.26 Å². The van der Waals surface area contributed by atoms with Gasteiger partial charge in [-0.1, -0.05) is 44.2 Å². The first-order chi connectivity index (χ1) is 12.4. The molecule has 138 valence electrons. The second-order valence-electron chi connectivity index (χ2n) is 7.94. The number of piperidine rings is 1. The molecule has 5 heteroatoms. The highest BCUT2D eigenvalue weighted by atomic mass is 16.5. The zero-order valence-corrected chi connectivity index (χ0v) is 15.7. The Labute approximate surface area is 154 Å². The quantitative estimate of drug-likeness (QED) is 0.833. The molecule has 0 bridgehead atoms. The highest BCUT2D eigenvalue weighted by molar-refractivity contribution is 5.97. The molecule has 1 aliphatic carbocycles. The molecule has 1 aromatic rings. The van der Waals surface area contributed by atoms with Gasteiger partial charge in [0.25, 0.3) is 0 Å². The minimum atomic E-state index is -0.828. The van der Waals surface area contributed by atoms with Gasteiger partial charge in [-0.2, -0.15) is 5.26 Å². The molecule has 5 nitrogen and oxygen atoms in total. The van der Waals surface area contributed by atoms with E-state index in [0.717, 1.165) is 12.0 Å². The van der Waals surface area contributed by atoms with Crippen LogP contribution in [0.3, 0.4) is 0 Å². The van der Waals surface area contributed by atoms with Crippen molar-refractivity contribution in [3.63, 3.8) is 0 Å². The first-order valence-electron chi connectivity index (χ1n) is 9.17. The molecule has 1 unspecified atom stereocenters. The lowest BCUT2D eigenvalue weighted by atomic mass is 9.48. The van der Waals surface area contributed by atoms with Gasteiger partial charge in [0.15, 0.2) is 5.78 Å². The van der Waals surface area contributed by atoms with E-state index in [1.807, 2.05) is 49.1 Å². The molecule has 1 aromatic carbocycles. The number of Topliss-reactive ketones (excluding diaryl/α,β-unsaturated/α-hetero) is 1. The Morgan fingerprint density at radius 2 is 1.96 bits per heavy atom. The standard InChI is InChI=1S/C21H26N2O3/c1-20(2)17-9-10-23(11-12-26-3)19(25)21(17,13-15(14-22)18(20)24)16-7-5-4-6-8-16/h4-8,15,17H,9-13H2,1-3H3/t15?,17-,21+/m0/s1. The number of benzene rings is 1. The van der Waals surface area contributed by atoms with E-state index in [0.29, 0.717) is 19.7 Å². The van der Waals surface area contributed by atoms with Gasteiger partial charge in [0.05, 0.1) is 18.1 Å². The van der Waals surface area contributed by atoms with Crippen molar-refractivity contribution in [2.45, 2.75) is 32.1 Å². The van der Waals surface area contributed by atoms with Crippen molar-refractivity contribution in [2.75, 3.05) is 26.8 Å². The average Bonchev–Trinajstić information content (AvgIpc) is 2.65. The molecule has 1 amide bonds. The summed E-state index contributed by atoms with van der Waals surface area (Å²) >= 11 is 0. The second-order valence-corrected chi connectivity index (χ2v) is 7.94. The van der Waals surface area contributed by atoms with Crippen molar-refractivity contribution in [3.8, 4) is 6.07 Å². The molecule has 0 radical (unpaired) electrons. The fraction of sp³-hybridized carbons (Fsp3) is 0.571. The lowest BCUT2D eigenvalue weighted by molar-refractivity contribution is -0.160. The van der Waals surface area contributed by atoms with E-state index in [9.17, 15) is 14.9 Å². The van der Waals surface area contributed by atoms with Crippen LogP contribution in [0.5, 0.6) is 0 Å². The third kappa shape index (κ3) is 2.64. The molecular weight excluding hydrogens is 328 g/mol. The normalized spacial score (nSPS) is 30.6. The fourth-order valence-corrected chi connectivity index (χ4v) is 5.00. The highest BCUT2D eigenvalue weighted by Gasteiger charge is 2.63. The lowest BCUT2D eigenvalue weighted by Gasteiger charge is -2.56. The third-order valence-electron chi connectivity index (χ3n) is 6.31. The number of carbonyl (C=O) groups is 2. The van der Waals surface area contributed by atoms with E-state index >= 15 is 0 Å². The van der Waals surface area contributed by atoms with Crippen LogP contribution < -0.4 is 0 Å². The molecule has 26 heavy (non-hydrogen) atoms. The van der Waals surface area contributed by atoms with Crippen LogP contribution in [0.2, 0.25) is 0 Å². The van der Waals surface area contributed by atoms with Gasteiger partial charge in [0.1, 0.15) is 5.92 Å². The van der Waals surface area contributed by atoms with Gasteiger partial charge in [-0.05, 0) is 24.3 Å². The van der Waals surface area contributed by atoms with Gasteiger partial charge < -0.3 is 9.64 Å². The molecule has 3 atom stereocenters. The first-order valence-corrected chi connectivity index (χ1v) is 9.17. The Morgan fingerprint density at radius 3 is 2.58 bits per heavy atom. The van der Waals surface area contributed by atoms with Gasteiger partial charge in [-0.3, -0.25) is 9.59 Å². The van der Waals surface area contributed by atoms with Crippen LogP contribution in [0.25, 0.3) is 0 Å². The maximum absolute atomic E-state index is 13.7. The van der Waals surface area contributed by atoms with E-state index in [-0.39, 0.29) is 24.0 Å². The Hall–Kier alpha value is -2.19. The Balaban J connectivity index is 2.15. The zero-order valence-electron chi connectivity index (χ0n) is 15.7. The highest BCUT2D eigenvalue weighted by Crippen LogP contribution is 2.56. The van der Waals surface area contributed by atoms with Crippen LogP contribution in [0.1, 0.15) is 32.3 Å². The van der Waals surface area contributed by atoms with Crippen LogP contribution in [0.15, 0.2) is 30.3 Å². The summed E-state index contributed by atoms with van der Waals surface area (Å²) in [5.74, 6) is -0.874. The number of fused-ring (bicyclic) bond motifs is 1. The van der Waals surface area contributed by atoms with Crippen molar-refractivity contribution < 1.29 is 14.3 Å². The maximum Gasteiger partial charge on any atom is 0.233 e. The molecule has 1 saturated carbocycles. The van der Waals surface area contributed by atoms with E-state index < -0.39 is 16.7 Å². The molecule has 1 saturated heterocycles. The largest absolute Gasteiger partial charge is 0.383 e. The first kappa shape index (κ1) is 18.6. The summed E-state index contributed by atoms with van der Waals surface area (Å²) in [6, 6.07) is 11.9.